The molecular formula is C34H46O9. The number of carbonyl (C=O) groups excluding carboxylic acids is 4. The molecule has 0 radical (unpaired) electrons. The number of aromatic hydroxyl groups is 1. The summed E-state index contributed by atoms with van der Waals surface area (Å²) in [6.07, 6.45) is 2.20. The monoisotopic (exact) mass is 598 g/mol. The van der Waals surface area contributed by atoms with E-state index >= 15 is 0 Å². The molecule has 2 aromatic carbocycles. The molecule has 2 rings (SSSR count). The molecule has 9 heteroatoms. The molecule has 43 heavy (non-hydrogen) atoms. The molecule has 0 spiro atoms. The minimum absolute atomic E-state index is 0.00797. The smallest absolute Gasteiger partial charge is 0.338 e. The molecule has 0 aliphatic heterocycles. The molecule has 0 saturated heterocycles. The van der Waals surface area contributed by atoms with Gasteiger partial charge in [0.25, 0.3) is 0 Å². The van der Waals surface area contributed by atoms with Gasteiger partial charge < -0.3 is 24.1 Å². The first kappa shape index (κ1) is 35.3. The second kappa shape index (κ2) is 13.6. The Bertz CT molecular complexity index is 1310. The molecule has 1 N–H and O–H groups in total. The molecule has 0 unspecified atom stereocenters. The van der Waals surface area contributed by atoms with Crippen molar-refractivity contribution in [1.82, 2.24) is 0 Å². The zero-order valence-electron chi connectivity index (χ0n) is 27.1. The standard InChI is InChI=1S/C34H46O9/c1-31(2,3)15-16-32(4,5)42-29(38)24-19-25(21-26(35)20-24)30(39)43-34(8,9)18-17-33(6,7)41-28(37)23-13-11-22(12-14-23)27(36)40-10/h11-14,19-21,35H,15-18H2,1-10H3. The highest BCUT2D eigenvalue weighted by molar-refractivity contribution is 5.96. The third-order valence-corrected chi connectivity index (χ3v) is 6.84. The summed E-state index contributed by atoms with van der Waals surface area (Å²) in [4.78, 5) is 50.3. The molecule has 0 bridgehead atoms. The van der Waals surface area contributed by atoms with Gasteiger partial charge in [0, 0.05) is 0 Å². The fourth-order valence-electron chi connectivity index (χ4n) is 4.07. The van der Waals surface area contributed by atoms with E-state index in [9.17, 15) is 24.3 Å². The van der Waals surface area contributed by atoms with Gasteiger partial charge >= 0.3 is 23.9 Å². The Kier molecular flexibility index (Phi) is 11.2. The molecular weight excluding hydrogens is 552 g/mol. The molecule has 0 saturated carbocycles. The second-order valence-corrected chi connectivity index (χ2v) is 13.8. The fraction of sp³-hybridized carbons (Fsp3) is 0.529. The summed E-state index contributed by atoms with van der Waals surface area (Å²) in [6, 6.07) is 9.78. The highest BCUT2D eigenvalue weighted by Crippen LogP contribution is 2.30. The first-order valence-electron chi connectivity index (χ1n) is 14.3. The second-order valence-electron chi connectivity index (χ2n) is 13.8. The summed E-state index contributed by atoms with van der Waals surface area (Å²) in [5.41, 5.74) is -1.88. The Morgan fingerprint density at radius 2 is 0.860 bits per heavy atom. The van der Waals surface area contributed by atoms with Gasteiger partial charge in [-0.05, 0) is 115 Å². The lowest BCUT2D eigenvalue weighted by molar-refractivity contribution is -0.0325. The third kappa shape index (κ3) is 11.7. The van der Waals surface area contributed by atoms with E-state index in [1.54, 1.807) is 27.7 Å². The molecule has 0 heterocycles. The van der Waals surface area contributed by atoms with Gasteiger partial charge in [-0.1, -0.05) is 20.8 Å². The van der Waals surface area contributed by atoms with Crippen molar-refractivity contribution in [2.45, 2.75) is 105 Å². The van der Waals surface area contributed by atoms with Crippen molar-refractivity contribution in [1.29, 1.82) is 0 Å². The average Bonchev–Trinajstić information content (AvgIpc) is 2.89. The van der Waals surface area contributed by atoms with Crippen LogP contribution in [0.5, 0.6) is 5.75 Å². The quantitative estimate of drug-likeness (QED) is 0.198. The highest BCUT2D eigenvalue weighted by atomic mass is 16.6. The molecule has 0 aliphatic rings. The van der Waals surface area contributed by atoms with Crippen LogP contribution in [0.1, 0.15) is 129 Å². The minimum atomic E-state index is -0.968. The topological polar surface area (TPSA) is 125 Å². The van der Waals surface area contributed by atoms with E-state index in [0.29, 0.717) is 24.8 Å². The average molecular weight is 599 g/mol. The van der Waals surface area contributed by atoms with Gasteiger partial charge in [-0.15, -0.1) is 0 Å². The van der Waals surface area contributed by atoms with E-state index in [1.165, 1.54) is 49.6 Å². The number of phenolic OH excluding ortho intramolecular Hbond substituents is 1. The number of rotatable bonds is 12. The predicted octanol–water partition coefficient (Wildman–Crippen LogP) is 7.29. The van der Waals surface area contributed by atoms with Gasteiger partial charge in [0.05, 0.1) is 29.4 Å². The zero-order chi connectivity index (χ0) is 32.8. The van der Waals surface area contributed by atoms with Crippen molar-refractivity contribution in [3.63, 3.8) is 0 Å². The normalized spacial score (nSPS) is 12.3. The molecule has 0 atom stereocenters. The van der Waals surface area contributed by atoms with Gasteiger partial charge in [-0.3, -0.25) is 0 Å². The van der Waals surface area contributed by atoms with E-state index in [4.69, 9.17) is 14.2 Å². The summed E-state index contributed by atoms with van der Waals surface area (Å²) in [6.45, 7) is 17.0. The zero-order valence-corrected chi connectivity index (χ0v) is 27.1. The number of methoxy groups -OCH3 is 1. The van der Waals surface area contributed by atoms with Crippen molar-refractivity contribution >= 4 is 23.9 Å². The van der Waals surface area contributed by atoms with Crippen LogP contribution >= 0.6 is 0 Å². The Balaban J connectivity index is 2.03. The van der Waals surface area contributed by atoms with Crippen LogP contribution in [0.25, 0.3) is 0 Å². The number of esters is 4. The summed E-state index contributed by atoms with van der Waals surface area (Å²) in [5.74, 6) is -2.69. The van der Waals surface area contributed by atoms with Crippen molar-refractivity contribution < 1.29 is 43.2 Å². The number of phenols is 1. The number of hydrogen-bond donors (Lipinski definition) is 1. The van der Waals surface area contributed by atoms with Crippen LogP contribution in [-0.4, -0.2) is 52.9 Å². The first-order chi connectivity index (χ1) is 19.6. The van der Waals surface area contributed by atoms with Crippen molar-refractivity contribution in [2.24, 2.45) is 5.41 Å². The van der Waals surface area contributed by atoms with Crippen molar-refractivity contribution in [3.8, 4) is 5.75 Å². The van der Waals surface area contributed by atoms with Crippen LogP contribution in [0.2, 0.25) is 0 Å². The van der Waals surface area contributed by atoms with Crippen LogP contribution in [0, 0.1) is 5.41 Å². The number of ether oxygens (including phenoxy) is 4. The van der Waals surface area contributed by atoms with Gasteiger partial charge in [0.1, 0.15) is 22.6 Å². The lowest BCUT2D eigenvalue weighted by Gasteiger charge is -2.31. The van der Waals surface area contributed by atoms with Gasteiger partial charge in [-0.2, -0.15) is 0 Å². The molecule has 236 valence electrons. The Labute approximate surface area is 254 Å². The lowest BCUT2D eigenvalue weighted by atomic mass is 9.86. The molecule has 0 fully saturated rings. The van der Waals surface area contributed by atoms with Crippen molar-refractivity contribution in [3.05, 3.63) is 64.7 Å². The largest absolute Gasteiger partial charge is 0.508 e. The van der Waals surface area contributed by atoms with Crippen molar-refractivity contribution in [2.75, 3.05) is 7.11 Å². The van der Waals surface area contributed by atoms with Crippen LogP contribution < -0.4 is 0 Å². The SMILES string of the molecule is COC(=O)c1ccc(C(=O)OC(C)(C)CCC(C)(C)OC(=O)c2cc(O)cc(C(=O)OC(C)(C)CCC(C)(C)C)c2)cc1. The molecule has 0 aliphatic carbocycles. The molecule has 2 aromatic rings. The molecule has 0 amide bonds. The molecule has 9 nitrogen and oxygen atoms in total. The number of carbonyl (C=O) groups is 4. The Morgan fingerprint density at radius 3 is 1.21 bits per heavy atom. The summed E-state index contributed by atoms with van der Waals surface area (Å²) >= 11 is 0. The Morgan fingerprint density at radius 1 is 0.535 bits per heavy atom. The maximum atomic E-state index is 13.1. The number of hydrogen-bond acceptors (Lipinski definition) is 9. The van der Waals surface area contributed by atoms with E-state index < -0.39 is 40.7 Å². The van der Waals surface area contributed by atoms with E-state index in [-0.39, 0.29) is 27.9 Å². The van der Waals surface area contributed by atoms with Gasteiger partial charge in [-0.25, -0.2) is 19.2 Å². The van der Waals surface area contributed by atoms with Gasteiger partial charge in [0.15, 0.2) is 0 Å². The van der Waals surface area contributed by atoms with E-state index in [1.807, 2.05) is 13.8 Å². The highest BCUT2D eigenvalue weighted by Gasteiger charge is 2.32. The minimum Gasteiger partial charge on any atom is -0.508 e. The van der Waals surface area contributed by atoms with Crippen LogP contribution in [0.15, 0.2) is 42.5 Å². The summed E-state index contributed by atoms with van der Waals surface area (Å²) in [7, 11) is 1.28. The summed E-state index contributed by atoms with van der Waals surface area (Å²) < 4.78 is 21.8. The predicted molar refractivity (Wildman–Crippen MR) is 162 cm³/mol. The Hall–Kier alpha value is -3.88. The first-order valence-corrected chi connectivity index (χ1v) is 14.3. The van der Waals surface area contributed by atoms with Crippen LogP contribution in [0.4, 0.5) is 0 Å². The van der Waals surface area contributed by atoms with Crippen LogP contribution in [-0.2, 0) is 18.9 Å². The van der Waals surface area contributed by atoms with E-state index in [2.05, 4.69) is 25.5 Å². The summed E-state index contributed by atoms with van der Waals surface area (Å²) in [5, 5.41) is 10.3. The van der Waals surface area contributed by atoms with Crippen LogP contribution in [0.3, 0.4) is 0 Å². The molecule has 0 aromatic heterocycles. The maximum Gasteiger partial charge on any atom is 0.338 e. The third-order valence-electron chi connectivity index (χ3n) is 6.84. The van der Waals surface area contributed by atoms with E-state index in [0.717, 1.165) is 6.42 Å². The lowest BCUT2D eigenvalue weighted by Crippen LogP contribution is -2.34. The maximum absolute atomic E-state index is 13.1. The van der Waals surface area contributed by atoms with Gasteiger partial charge in [0.2, 0.25) is 0 Å². The number of benzene rings is 2. The fourth-order valence-corrected chi connectivity index (χ4v) is 4.07.